The summed E-state index contributed by atoms with van der Waals surface area (Å²) in [6, 6.07) is 35.5. The minimum Gasteiger partial charge on any atom is -0.497 e. The molecule has 0 unspecified atom stereocenters. The van der Waals surface area contributed by atoms with Crippen LogP contribution in [-0.2, 0) is 16.0 Å². The van der Waals surface area contributed by atoms with Crippen LogP contribution in [0.5, 0.6) is 5.75 Å². The van der Waals surface area contributed by atoms with Crippen LogP contribution >= 0.6 is 0 Å². The fourth-order valence-corrected chi connectivity index (χ4v) is 4.20. The minimum atomic E-state index is -0.652. The van der Waals surface area contributed by atoms with Crippen molar-refractivity contribution in [2.45, 2.75) is 6.42 Å². The summed E-state index contributed by atoms with van der Waals surface area (Å²) < 4.78 is 10.5. The molecule has 0 N–H and O–H groups in total. The SMILES string of the molecule is COc1ccc(CCN2C(=O)OC(=Cc3ccc(N(c4ccccc4)c4ccccc4)cc3)C2=O)cc1. The number of carbonyl (C=O) groups is 2. The third kappa shape index (κ3) is 5.38. The number of methoxy groups -OCH3 is 1. The molecule has 0 saturated carbocycles. The largest absolute Gasteiger partial charge is 0.497 e. The van der Waals surface area contributed by atoms with Crippen molar-refractivity contribution in [3.63, 3.8) is 0 Å². The predicted molar refractivity (Wildman–Crippen MR) is 144 cm³/mol. The minimum absolute atomic E-state index is 0.0236. The maximum absolute atomic E-state index is 12.9. The summed E-state index contributed by atoms with van der Waals surface area (Å²) >= 11 is 0. The number of nitrogens with zero attached hydrogens (tertiary/aromatic N) is 2. The zero-order valence-corrected chi connectivity index (χ0v) is 20.4. The van der Waals surface area contributed by atoms with Gasteiger partial charge in [-0.2, -0.15) is 0 Å². The molecule has 184 valence electrons. The van der Waals surface area contributed by atoms with Crippen LogP contribution < -0.4 is 9.64 Å². The molecule has 0 aliphatic carbocycles. The van der Waals surface area contributed by atoms with Gasteiger partial charge in [-0.25, -0.2) is 9.69 Å². The lowest BCUT2D eigenvalue weighted by Crippen LogP contribution is -2.30. The Hall–Kier alpha value is -4.84. The number of para-hydroxylation sites is 2. The Labute approximate surface area is 216 Å². The maximum atomic E-state index is 12.9. The number of imide groups is 1. The highest BCUT2D eigenvalue weighted by Gasteiger charge is 2.36. The van der Waals surface area contributed by atoms with Crippen molar-refractivity contribution in [3.05, 3.63) is 126 Å². The van der Waals surface area contributed by atoms with Crippen molar-refractivity contribution >= 4 is 35.1 Å². The van der Waals surface area contributed by atoms with Crippen LogP contribution in [0.3, 0.4) is 0 Å². The molecule has 4 aromatic rings. The Kier molecular flexibility index (Phi) is 6.99. The molecule has 0 bridgehead atoms. The molecule has 4 aromatic carbocycles. The molecule has 1 saturated heterocycles. The van der Waals surface area contributed by atoms with Crippen LogP contribution in [0.2, 0.25) is 0 Å². The van der Waals surface area contributed by atoms with E-state index in [4.69, 9.17) is 9.47 Å². The van der Waals surface area contributed by atoms with Gasteiger partial charge in [-0.1, -0.05) is 60.7 Å². The van der Waals surface area contributed by atoms with Crippen molar-refractivity contribution in [1.82, 2.24) is 4.90 Å². The summed E-state index contributed by atoms with van der Waals surface area (Å²) in [6.07, 6.45) is 1.48. The quantitative estimate of drug-likeness (QED) is 0.256. The molecule has 0 radical (unpaired) electrons. The van der Waals surface area contributed by atoms with Crippen molar-refractivity contribution in [2.75, 3.05) is 18.6 Å². The van der Waals surface area contributed by atoms with Crippen molar-refractivity contribution in [3.8, 4) is 5.75 Å². The van der Waals surface area contributed by atoms with Gasteiger partial charge in [0.05, 0.1) is 7.11 Å². The number of carbonyl (C=O) groups excluding carboxylic acids is 2. The molecule has 1 aliphatic rings. The Morgan fingerprint density at radius 1 is 0.757 bits per heavy atom. The number of hydrogen-bond acceptors (Lipinski definition) is 5. The van der Waals surface area contributed by atoms with E-state index in [1.807, 2.05) is 84.9 Å². The molecule has 5 rings (SSSR count). The summed E-state index contributed by atoms with van der Waals surface area (Å²) in [4.78, 5) is 28.5. The average molecular weight is 491 g/mol. The molecule has 1 aliphatic heterocycles. The number of hydrogen-bond donors (Lipinski definition) is 0. The molecule has 0 atom stereocenters. The number of anilines is 3. The molecule has 6 heteroatoms. The first-order valence-corrected chi connectivity index (χ1v) is 12.0. The van der Waals surface area contributed by atoms with E-state index < -0.39 is 12.0 Å². The van der Waals surface area contributed by atoms with Gasteiger partial charge in [-0.15, -0.1) is 0 Å². The van der Waals surface area contributed by atoms with Crippen LogP contribution in [-0.4, -0.2) is 30.6 Å². The first kappa shape index (κ1) is 23.9. The van der Waals surface area contributed by atoms with Crippen molar-refractivity contribution < 1.29 is 19.1 Å². The van der Waals surface area contributed by atoms with Crippen LogP contribution in [0, 0.1) is 0 Å². The second kappa shape index (κ2) is 10.8. The molecule has 0 spiro atoms. The fourth-order valence-electron chi connectivity index (χ4n) is 4.20. The molecular formula is C31H26N2O4. The second-order valence-corrected chi connectivity index (χ2v) is 8.53. The molecule has 1 heterocycles. The summed E-state index contributed by atoms with van der Waals surface area (Å²) in [5, 5.41) is 0. The monoisotopic (exact) mass is 490 g/mol. The summed E-state index contributed by atoms with van der Waals surface area (Å²) in [6.45, 7) is 0.239. The van der Waals surface area contributed by atoms with E-state index in [1.54, 1.807) is 13.2 Å². The van der Waals surface area contributed by atoms with E-state index >= 15 is 0 Å². The number of amides is 2. The predicted octanol–water partition coefficient (Wildman–Crippen LogP) is 6.73. The van der Waals surface area contributed by atoms with E-state index in [0.29, 0.717) is 6.42 Å². The smallest absolute Gasteiger partial charge is 0.422 e. The topological polar surface area (TPSA) is 59.1 Å². The average Bonchev–Trinajstić information content (AvgIpc) is 3.21. The zero-order valence-electron chi connectivity index (χ0n) is 20.4. The van der Waals surface area contributed by atoms with Gasteiger partial charge in [-0.05, 0) is 72.2 Å². The highest BCUT2D eigenvalue weighted by Crippen LogP contribution is 2.34. The Morgan fingerprint density at radius 3 is 1.89 bits per heavy atom. The van der Waals surface area contributed by atoms with Gasteiger partial charge in [0.1, 0.15) is 5.75 Å². The second-order valence-electron chi connectivity index (χ2n) is 8.53. The number of benzene rings is 4. The highest BCUT2D eigenvalue weighted by molar-refractivity contribution is 6.09. The summed E-state index contributed by atoms with van der Waals surface area (Å²) in [5.74, 6) is 0.348. The first-order chi connectivity index (χ1) is 18.1. The Balaban J connectivity index is 1.32. The zero-order chi connectivity index (χ0) is 25.6. The normalized spacial score (nSPS) is 14.1. The molecule has 6 nitrogen and oxygen atoms in total. The molecule has 0 aromatic heterocycles. The number of cyclic esters (lactones) is 1. The Bertz CT molecular complexity index is 1360. The lowest BCUT2D eigenvalue weighted by atomic mass is 10.1. The van der Waals surface area contributed by atoms with Gasteiger partial charge in [0, 0.05) is 23.6 Å². The maximum Gasteiger partial charge on any atom is 0.422 e. The molecular weight excluding hydrogens is 464 g/mol. The highest BCUT2D eigenvalue weighted by atomic mass is 16.6. The molecule has 37 heavy (non-hydrogen) atoms. The van der Waals surface area contributed by atoms with E-state index in [9.17, 15) is 9.59 Å². The van der Waals surface area contributed by atoms with Crippen LogP contribution in [0.15, 0.2) is 115 Å². The first-order valence-electron chi connectivity index (χ1n) is 12.0. The van der Waals surface area contributed by atoms with E-state index in [1.165, 1.54) is 0 Å². The van der Waals surface area contributed by atoms with E-state index in [-0.39, 0.29) is 12.3 Å². The van der Waals surface area contributed by atoms with Crippen molar-refractivity contribution in [2.24, 2.45) is 0 Å². The molecule has 1 fully saturated rings. The summed E-state index contributed by atoms with van der Waals surface area (Å²) in [5.41, 5.74) is 4.80. The van der Waals surface area contributed by atoms with E-state index in [0.717, 1.165) is 38.8 Å². The number of rotatable bonds is 8. The lowest BCUT2D eigenvalue weighted by molar-refractivity contribution is -0.123. The third-order valence-electron chi connectivity index (χ3n) is 6.13. The van der Waals surface area contributed by atoms with Gasteiger partial charge in [0.2, 0.25) is 0 Å². The fraction of sp³-hybridized carbons (Fsp3) is 0.0968. The lowest BCUT2D eigenvalue weighted by Gasteiger charge is -2.25. The van der Waals surface area contributed by atoms with Crippen LogP contribution in [0.4, 0.5) is 21.9 Å². The van der Waals surface area contributed by atoms with Gasteiger partial charge in [0.15, 0.2) is 5.76 Å². The van der Waals surface area contributed by atoms with Crippen molar-refractivity contribution in [1.29, 1.82) is 0 Å². The number of ether oxygens (including phenoxy) is 2. The van der Waals surface area contributed by atoms with Gasteiger partial charge >= 0.3 is 6.09 Å². The Morgan fingerprint density at radius 2 is 1.32 bits per heavy atom. The van der Waals surface area contributed by atoms with Gasteiger partial charge in [0.25, 0.3) is 5.91 Å². The van der Waals surface area contributed by atoms with Gasteiger partial charge < -0.3 is 14.4 Å². The summed E-state index contributed by atoms with van der Waals surface area (Å²) in [7, 11) is 1.61. The standard InChI is InChI=1S/C31H26N2O4/c1-36-28-18-14-23(15-19-28)20-21-32-30(34)29(37-31(32)35)22-24-12-16-27(17-13-24)33(25-8-4-2-5-9-25)26-10-6-3-7-11-26/h2-19,22H,20-21H2,1H3. The van der Waals surface area contributed by atoms with Crippen LogP contribution in [0.1, 0.15) is 11.1 Å². The van der Waals surface area contributed by atoms with Crippen LogP contribution in [0.25, 0.3) is 6.08 Å². The molecule has 2 amide bonds. The van der Waals surface area contributed by atoms with Gasteiger partial charge in [-0.3, -0.25) is 4.79 Å². The third-order valence-corrected chi connectivity index (χ3v) is 6.13. The van der Waals surface area contributed by atoms with E-state index in [2.05, 4.69) is 29.2 Å².